The van der Waals surface area contributed by atoms with Gasteiger partial charge in [0.15, 0.2) is 0 Å². The van der Waals surface area contributed by atoms with Crippen molar-refractivity contribution in [3.8, 4) is 0 Å². The van der Waals surface area contributed by atoms with Crippen LogP contribution in [0.4, 0.5) is 10.1 Å². The number of anilines is 1. The van der Waals surface area contributed by atoms with Gasteiger partial charge in [0.2, 0.25) is 15.9 Å². The molecular weight excluding hydrogens is 367 g/mol. The van der Waals surface area contributed by atoms with Crippen molar-refractivity contribution in [2.75, 3.05) is 18.4 Å². The lowest BCUT2D eigenvalue weighted by Crippen LogP contribution is -2.35. The van der Waals surface area contributed by atoms with E-state index in [1.807, 2.05) is 0 Å². The number of hydrogen-bond acceptors (Lipinski definition) is 3. The molecule has 0 unspecified atom stereocenters. The average Bonchev–Trinajstić information content (AvgIpc) is 2.68. The monoisotopic (exact) mass is 388 g/mol. The molecule has 2 aromatic carbocycles. The molecule has 1 saturated heterocycles. The molecule has 0 saturated carbocycles. The third-order valence-corrected chi connectivity index (χ3v) is 6.25. The smallest absolute Gasteiger partial charge is 0.248 e. The zero-order valence-electron chi connectivity index (χ0n) is 14.8. The number of benzene rings is 2. The van der Waals surface area contributed by atoms with Crippen LogP contribution < -0.4 is 5.32 Å². The number of hydrogen-bond donors (Lipinski definition) is 1. The summed E-state index contributed by atoms with van der Waals surface area (Å²) in [5.41, 5.74) is 1.09. The maximum Gasteiger partial charge on any atom is 0.248 e. The zero-order valence-corrected chi connectivity index (χ0v) is 15.6. The Kier molecular flexibility index (Phi) is 6.03. The lowest BCUT2D eigenvalue weighted by Gasteiger charge is -2.26. The molecule has 2 aromatic rings. The third-order valence-electron chi connectivity index (χ3n) is 4.35. The highest BCUT2D eigenvalue weighted by molar-refractivity contribution is 7.89. The fourth-order valence-corrected chi connectivity index (χ4v) is 4.48. The predicted octanol–water partition coefficient (Wildman–Crippen LogP) is 3.65. The summed E-state index contributed by atoms with van der Waals surface area (Å²) < 4.78 is 39.8. The first-order chi connectivity index (χ1) is 12.9. The van der Waals surface area contributed by atoms with Gasteiger partial charge in [-0.15, -0.1) is 0 Å². The Hall–Kier alpha value is -2.51. The van der Waals surface area contributed by atoms with E-state index in [4.69, 9.17) is 0 Å². The van der Waals surface area contributed by atoms with E-state index in [-0.39, 0.29) is 10.7 Å². The van der Waals surface area contributed by atoms with Crippen LogP contribution in [0.2, 0.25) is 0 Å². The second-order valence-corrected chi connectivity index (χ2v) is 8.30. The molecule has 27 heavy (non-hydrogen) atoms. The zero-order chi connectivity index (χ0) is 19.3. The summed E-state index contributed by atoms with van der Waals surface area (Å²) in [6.45, 7) is 1.05. The van der Waals surface area contributed by atoms with Crippen LogP contribution in [0.25, 0.3) is 6.08 Å². The Labute approximate surface area is 158 Å². The fraction of sp³-hybridized carbons (Fsp3) is 0.250. The van der Waals surface area contributed by atoms with Gasteiger partial charge in [0.25, 0.3) is 0 Å². The van der Waals surface area contributed by atoms with Gasteiger partial charge in [-0.25, -0.2) is 12.8 Å². The van der Waals surface area contributed by atoms with Crippen LogP contribution in [0.1, 0.15) is 24.8 Å². The highest BCUT2D eigenvalue weighted by atomic mass is 32.2. The largest absolute Gasteiger partial charge is 0.322 e. The van der Waals surface area contributed by atoms with Crippen LogP contribution in [0, 0.1) is 5.82 Å². The molecule has 142 valence electrons. The van der Waals surface area contributed by atoms with Crippen molar-refractivity contribution in [2.45, 2.75) is 24.2 Å². The number of sulfonamides is 1. The molecular formula is C20H21FN2O3S. The van der Waals surface area contributed by atoms with E-state index >= 15 is 0 Å². The lowest BCUT2D eigenvalue weighted by molar-refractivity contribution is -0.111. The number of piperidine rings is 1. The summed E-state index contributed by atoms with van der Waals surface area (Å²) in [5.74, 6) is -0.741. The average molecular weight is 388 g/mol. The normalized spacial score (nSPS) is 15.7. The van der Waals surface area contributed by atoms with Crippen LogP contribution in [0.5, 0.6) is 0 Å². The number of carbonyl (C=O) groups excluding carboxylic acids is 1. The van der Waals surface area contributed by atoms with E-state index in [0.29, 0.717) is 24.3 Å². The first kappa shape index (κ1) is 19.3. The van der Waals surface area contributed by atoms with Gasteiger partial charge in [-0.1, -0.05) is 24.6 Å². The summed E-state index contributed by atoms with van der Waals surface area (Å²) in [4.78, 5) is 12.3. The standard InChI is InChI=1S/C20H21FN2O3S/c21-17-10-7-16(8-11-17)9-12-20(24)22-18-5-4-6-19(15-18)27(25,26)23-13-2-1-3-14-23/h4-12,15H,1-3,13-14H2,(H,22,24). The predicted molar refractivity (Wildman–Crippen MR) is 103 cm³/mol. The highest BCUT2D eigenvalue weighted by Crippen LogP contribution is 2.22. The van der Waals surface area contributed by atoms with E-state index in [1.165, 1.54) is 34.6 Å². The molecule has 0 aromatic heterocycles. The lowest BCUT2D eigenvalue weighted by atomic mass is 10.2. The quantitative estimate of drug-likeness (QED) is 0.795. The minimum Gasteiger partial charge on any atom is -0.322 e. The third kappa shape index (κ3) is 5.02. The van der Waals surface area contributed by atoms with Crippen LogP contribution in [-0.2, 0) is 14.8 Å². The number of nitrogens with zero attached hydrogens (tertiary/aromatic N) is 1. The Morgan fingerprint density at radius 1 is 1.04 bits per heavy atom. The molecule has 0 radical (unpaired) electrons. The second kappa shape index (κ2) is 8.45. The van der Waals surface area contributed by atoms with Crippen molar-refractivity contribution in [2.24, 2.45) is 0 Å². The van der Waals surface area contributed by atoms with Gasteiger partial charge in [-0.2, -0.15) is 4.31 Å². The summed E-state index contributed by atoms with van der Waals surface area (Å²) >= 11 is 0. The maximum atomic E-state index is 12.9. The molecule has 3 rings (SSSR count). The maximum absolute atomic E-state index is 12.9. The van der Waals surface area contributed by atoms with E-state index in [9.17, 15) is 17.6 Å². The van der Waals surface area contributed by atoms with Gasteiger partial charge in [-0.05, 0) is 54.8 Å². The van der Waals surface area contributed by atoms with E-state index in [0.717, 1.165) is 19.3 Å². The van der Waals surface area contributed by atoms with Crippen LogP contribution in [0.15, 0.2) is 59.5 Å². The van der Waals surface area contributed by atoms with Crippen LogP contribution in [-0.4, -0.2) is 31.7 Å². The molecule has 0 spiro atoms. The molecule has 7 heteroatoms. The first-order valence-electron chi connectivity index (χ1n) is 8.80. The van der Waals surface area contributed by atoms with Gasteiger partial charge in [0.1, 0.15) is 5.82 Å². The molecule has 0 atom stereocenters. The Balaban J connectivity index is 1.69. The number of halogens is 1. The Morgan fingerprint density at radius 3 is 2.44 bits per heavy atom. The number of nitrogens with one attached hydrogen (secondary N) is 1. The van der Waals surface area contributed by atoms with Crippen molar-refractivity contribution in [3.63, 3.8) is 0 Å². The van der Waals surface area contributed by atoms with Crippen LogP contribution >= 0.6 is 0 Å². The molecule has 1 amide bonds. The molecule has 1 heterocycles. The van der Waals surface area contributed by atoms with Gasteiger partial charge < -0.3 is 5.32 Å². The molecule has 0 aliphatic carbocycles. The molecule has 1 aliphatic heterocycles. The molecule has 1 fully saturated rings. The Bertz CT molecular complexity index is 934. The van der Waals surface area contributed by atoms with Crippen molar-refractivity contribution >= 4 is 27.7 Å². The van der Waals surface area contributed by atoms with Crippen molar-refractivity contribution in [3.05, 3.63) is 66.0 Å². The van der Waals surface area contributed by atoms with E-state index in [1.54, 1.807) is 30.3 Å². The first-order valence-corrected chi connectivity index (χ1v) is 10.2. The summed E-state index contributed by atoms with van der Waals surface area (Å²) in [5, 5.41) is 2.66. The van der Waals surface area contributed by atoms with Gasteiger partial charge >= 0.3 is 0 Å². The van der Waals surface area contributed by atoms with Crippen molar-refractivity contribution < 1.29 is 17.6 Å². The van der Waals surface area contributed by atoms with Gasteiger partial charge in [-0.3, -0.25) is 4.79 Å². The van der Waals surface area contributed by atoms with Crippen molar-refractivity contribution in [1.82, 2.24) is 4.31 Å². The van der Waals surface area contributed by atoms with E-state index < -0.39 is 15.9 Å². The molecule has 0 bridgehead atoms. The topological polar surface area (TPSA) is 66.5 Å². The number of rotatable bonds is 5. The molecule has 1 N–H and O–H groups in total. The molecule has 1 aliphatic rings. The minimum atomic E-state index is -3.55. The van der Waals surface area contributed by atoms with Crippen LogP contribution in [0.3, 0.4) is 0 Å². The SMILES string of the molecule is O=C(C=Cc1ccc(F)cc1)Nc1cccc(S(=O)(=O)N2CCCCC2)c1. The van der Waals surface area contributed by atoms with Gasteiger partial charge in [0.05, 0.1) is 4.90 Å². The second-order valence-electron chi connectivity index (χ2n) is 6.37. The summed E-state index contributed by atoms with van der Waals surface area (Å²) in [7, 11) is -3.55. The fourth-order valence-electron chi connectivity index (χ4n) is 2.92. The summed E-state index contributed by atoms with van der Waals surface area (Å²) in [6, 6.07) is 12.0. The van der Waals surface area contributed by atoms with Crippen molar-refractivity contribution in [1.29, 1.82) is 0 Å². The summed E-state index contributed by atoms with van der Waals surface area (Å²) in [6.07, 6.45) is 5.65. The highest BCUT2D eigenvalue weighted by Gasteiger charge is 2.26. The Morgan fingerprint density at radius 2 is 1.74 bits per heavy atom. The molecule has 5 nitrogen and oxygen atoms in total. The number of carbonyl (C=O) groups is 1. The van der Waals surface area contributed by atoms with E-state index in [2.05, 4.69) is 5.32 Å². The number of amides is 1. The minimum absolute atomic E-state index is 0.171. The van der Waals surface area contributed by atoms with Gasteiger partial charge in [0, 0.05) is 24.9 Å².